The summed E-state index contributed by atoms with van der Waals surface area (Å²) in [7, 11) is 0. The quantitative estimate of drug-likeness (QED) is 0.614. The van der Waals surface area contributed by atoms with Gasteiger partial charge in [-0.3, -0.25) is 19.4 Å². The van der Waals surface area contributed by atoms with Crippen LogP contribution in [0.15, 0.2) is 24.3 Å². The summed E-state index contributed by atoms with van der Waals surface area (Å²) in [6.07, 6.45) is 0. The van der Waals surface area contributed by atoms with Crippen LogP contribution in [0.5, 0.6) is 0 Å². The van der Waals surface area contributed by atoms with Crippen molar-refractivity contribution in [2.75, 3.05) is 0 Å². The molecule has 5 heteroatoms. The number of urea groups is 1. The Balaban J connectivity index is 2.21. The van der Waals surface area contributed by atoms with Crippen molar-refractivity contribution in [3.63, 3.8) is 0 Å². The monoisotopic (exact) mass is 260 g/mol. The molecule has 1 aromatic rings. The molecule has 1 aliphatic rings. The molecular formula is C14H16N2O3. The maximum Gasteiger partial charge on any atom is 0.334 e. The van der Waals surface area contributed by atoms with Gasteiger partial charge in [-0.15, -0.1) is 0 Å². The second kappa shape index (κ2) is 4.84. The van der Waals surface area contributed by atoms with Gasteiger partial charge in [0.2, 0.25) is 0 Å². The Morgan fingerprint density at radius 2 is 1.58 bits per heavy atom. The van der Waals surface area contributed by atoms with Crippen LogP contribution in [-0.2, 0) is 16.1 Å². The van der Waals surface area contributed by atoms with Gasteiger partial charge in [-0.05, 0) is 26.3 Å². The van der Waals surface area contributed by atoms with Crippen LogP contribution in [0.3, 0.4) is 0 Å². The van der Waals surface area contributed by atoms with Crippen molar-refractivity contribution in [3.05, 3.63) is 35.4 Å². The zero-order valence-corrected chi connectivity index (χ0v) is 11.2. The molecule has 1 heterocycles. The minimum absolute atomic E-state index is 0.132. The van der Waals surface area contributed by atoms with Gasteiger partial charge in [-0.25, -0.2) is 4.79 Å². The predicted octanol–water partition coefficient (Wildman–Crippen LogP) is 1.69. The lowest BCUT2D eigenvalue weighted by Crippen LogP contribution is -2.37. The number of benzene rings is 1. The van der Waals surface area contributed by atoms with Crippen molar-refractivity contribution < 1.29 is 14.4 Å². The molecule has 0 aromatic heterocycles. The molecule has 19 heavy (non-hydrogen) atoms. The Morgan fingerprint density at radius 3 is 2.05 bits per heavy atom. The van der Waals surface area contributed by atoms with Gasteiger partial charge in [0.1, 0.15) is 0 Å². The lowest BCUT2D eigenvalue weighted by atomic mass is 10.1. The van der Waals surface area contributed by atoms with E-state index in [0.717, 1.165) is 20.9 Å². The van der Waals surface area contributed by atoms with Gasteiger partial charge in [0, 0.05) is 6.04 Å². The highest BCUT2D eigenvalue weighted by Crippen LogP contribution is 2.18. The molecule has 0 atom stereocenters. The van der Waals surface area contributed by atoms with Gasteiger partial charge < -0.3 is 0 Å². The van der Waals surface area contributed by atoms with Crippen molar-refractivity contribution >= 4 is 17.8 Å². The van der Waals surface area contributed by atoms with Crippen LogP contribution < -0.4 is 0 Å². The van der Waals surface area contributed by atoms with E-state index >= 15 is 0 Å². The van der Waals surface area contributed by atoms with Crippen LogP contribution >= 0.6 is 0 Å². The van der Waals surface area contributed by atoms with Gasteiger partial charge in [-0.2, -0.15) is 0 Å². The van der Waals surface area contributed by atoms with Gasteiger partial charge in [0.05, 0.1) is 6.54 Å². The van der Waals surface area contributed by atoms with E-state index in [1.54, 1.807) is 13.8 Å². The van der Waals surface area contributed by atoms with E-state index in [4.69, 9.17) is 0 Å². The maximum absolute atomic E-state index is 12.0. The Kier molecular flexibility index (Phi) is 3.38. The number of hydrogen-bond donors (Lipinski definition) is 0. The summed E-state index contributed by atoms with van der Waals surface area (Å²) in [5.41, 5.74) is 1.92. The number of imide groups is 2. The van der Waals surface area contributed by atoms with E-state index in [1.807, 2.05) is 31.2 Å². The van der Waals surface area contributed by atoms with E-state index in [9.17, 15) is 14.4 Å². The van der Waals surface area contributed by atoms with Crippen LogP contribution in [0.1, 0.15) is 25.0 Å². The van der Waals surface area contributed by atoms with Crippen LogP contribution in [-0.4, -0.2) is 33.7 Å². The molecule has 1 aliphatic heterocycles. The molecule has 0 aliphatic carbocycles. The molecule has 100 valence electrons. The summed E-state index contributed by atoms with van der Waals surface area (Å²) in [4.78, 5) is 37.6. The van der Waals surface area contributed by atoms with Crippen molar-refractivity contribution in [1.29, 1.82) is 0 Å². The Hall–Kier alpha value is -2.17. The van der Waals surface area contributed by atoms with Gasteiger partial charge in [-0.1, -0.05) is 29.8 Å². The summed E-state index contributed by atoms with van der Waals surface area (Å²) in [6, 6.07) is 6.65. The molecule has 0 unspecified atom stereocenters. The number of hydrogen-bond acceptors (Lipinski definition) is 3. The average molecular weight is 260 g/mol. The number of aryl methyl sites for hydroxylation is 1. The third-order valence-corrected chi connectivity index (χ3v) is 3.06. The molecule has 1 saturated heterocycles. The van der Waals surface area contributed by atoms with Crippen LogP contribution in [0.4, 0.5) is 4.79 Å². The van der Waals surface area contributed by atoms with Crippen LogP contribution in [0, 0.1) is 6.92 Å². The van der Waals surface area contributed by atoms with E-state index in [1.165, 1.54) is 0 Å². The zero-order chi connectivity index (χ0) is 14.2. The van der Waals surface area contributed by atoms with E-state index in [-0.39, 0.29) is 12.6 Å². The number of carbonyl (C=O) groups excluding carboxylic acids is 3. The fraction of sp³-hybridized carbons (Fsp3) is 0.357. The lowest BCUT2D eigenvalue weighted by molar-refractivity contribution is -0.144. The number of nitrogens with zero attached hydrogens (tertiary/aromatic N) is 2. The highest BCUT2D eigenvalue weighted by molar-refractivity contribution is 6.44. The predicted molar refractivity (Wildman–Crippen MR) is 69.1 cm³/mol. The number of rotatable bonds is 3. The fourth-order valence-corrected chi connectivity index (χ4v) is 1.99. The highest BCUT2D eigenvalue weighted by atomic mass is 16.2. The first kappa shape index (κ1) is 13.3. The molecule has 5 nitrogen and oxygen atoms in total. The molecule has 1 aromatic carbocycles. The molecule has 0 radical (unpaired) electrons. The minimum Gasteiger partial charge on any atom is -0.263 e. The Labute approximate surface area is 111 Å². The largest absolute Gasteiger partial charge is 0.334 e. The van der Waals surface area contributed by atoms with Crippen molar-refractivity contribution in [1.82, 2.24) is 9.80 Å². The third-order valence-electron chi connectivity index (χ3n) is 3.06. The van der Waals surface area contributed by atoms with Gasteiger partial charge in [0.25, 0.3) is 0 Å². The lowest BCUT2D eigenvalue weighted by Gasteiger charge is -2.18. The second-order valence-electron chi connectivity index (χ2n) is 4.93. The summed E-state index contributed by atoms with van der Waals surface area (Å²) in [5, 5.41) is 0. The summed E-state index contributed by atoms with van der Waals surface area (Å²) in [5.74, 6) is -1.49. The topological polar surface area (TPSA) is 57.7 Å². The molecule has 2 rings (SSSR count). The molecule has 4 amide bonds. The van der Waals surface area contributed by atoms with Crippen molar-refractivity contribution in [2.24, 2.45) is 0 Å². The molecule has 0 bridgehead atoms. The molecule has 0 N–H and O–H groups in total. The SMILES string of the molecule is Cc1ccc(CN2C(=O)C(=O)N(C(C)C)C2=O)cc1. The molecule has 0 saturated carbocycles. The van der Waals surface area contributed by atoms with E-state index in [2.05, 4.69) is 0 Å². The first-order valence-corrected chi connectivity index (χ1v) is 6.16. The van der Waals surface area contributed by atoms with Crippen molar-refractivity contribution in [2.45, 2.75) is 33.4 Å². The smallest absolute Gasteiger partial charge is 0.263 e. The molecule has 1 fully saturated rings. The van der Waals surface area contributed by atoms with Crippen molar-refractivity contribution in [3.8, 4) is 0 Å². The summed E-state index contributed by atoms with van der Waals surface area (Å²) >= 11 is 0. The average Bonchev–Trinajstić information content (AvgIpc) is 2.56. The highest BCUT2D eigenvalue weighted by Gasteiger charge is 2.45. The van der Waals surface area contributed by atoms with E-state index in [0.29, 0.717) is 0 Å². The Bertz CT molecular complexity index is 534. The molecular weight excluding hydrogens is 244 g/mol. The first-order chi connectivity index (χ1) is 8.91. The number of carbonyl (C=O) groups is 3. The van der Waals surface area contributed by atoms with Crippen LogP contribution in [0.2, 0.25) is 0 Å². The fourth-order valence-electron chi connectivity index (χ4n) is 1.99. The maximum atomic E-state index is 12.0. The third kappa shape index (κ3) is 2.36. The summed E-state index contributed by atoms with van der Waals surface area (Å²) in [6.45, 7) is 5.50. The first-order valence-electron chi connectivity index (χ1n) is 6.16. The number of amides is 4. The normalized spacial score (nSPS) is 15.9. The minimum atomic E-state index is -0.751. The standard InChI is InChI=1S/C14H16N2O3/c1-9(2)16-13(18)12(17)15(14(16)19)8-11-6-4-10(3)5-7-11/h4-7,9H,8H2,1-3H3. The van der Waals surface area contributed by atoms with Crippen LogP contribution in [0.25, 0.3) is 0 Å². The van der Waals surface area contributed by atoms with E-state index < -0.39 is 17.8 Å². The zero-order valence-electron chi connectivity index (χ0n) is 11.2. The Morgan fingerprint density at radius 1 is 1.00 bits per heavy atom. The second-order valence-corrected chi connectivity index (χ2v) is 4.93. The van der Waals surface area contributed by atoms with Gasteiger partial charge >= 0.3 is 17.8 Å². The molecule has 0 spiro atoms. The summed E-state index contributed by atoms with van der Waals surface area (Å²) < 4.78 is 0. The van der Waals surface area contributed by atoms with Gasteiger partial charge in [0.15, 0.2) is 0 Å².